The minimum absolute atomic E-state index is 0.422. The van der Waals surface area contributed by atoms with E-state index in [-0.39, 0.29) is 0 Å². The molecule has 0 aliphatic carbocycles. The summed E-state index contributed by atoms with van der Waals surface area (Å²) in [7, 11) is 0. The number of allylic oxidation sites excluding steroid dienone is 1. The number of nitrogens with one attached hydrogen (secondary N) is 1. The second-order valence-electron chi connectivity index (χ2n) is 1.85. The fraction of sp³-hybridized carbons (Fsp3) is 0.571. The van der Waals surface area contributed by atoms with Gasteiger partial charge in [0.2, 0.25) is 0 Å². The minimum Gasteiger partial charge on any atom is -0.372 e. The molecule has 52 valence electrons. The zero-order valence-corrected chi connectivity index (χ0v) is 5.98. The van der Waals surface area contributed by atoms with E-state index in [0.717, 1.165) is 0 Å². The Bertz CT molecular complexity index is 107. The molecule has 0 fully saturated rings. The van der Waals surface area contributed by atoms with E-state index in [4.69, 9.17) is 10.1 Å². The summed E-state index contributed by atoms with van der Waals surface area (Å²) in [5.74, 6) is 0. The average molecular weight is 127 g/mol. The summed E-state index contributed by atoms with van der Waals surface area (Å²) in [5.41, 5.74) is 1.21. The first-order valence-corrected chi connectivity index (χ1v) is 2.99. The molecule has 0 aromatic carbocycles. The molecule has 0 saturated carbocycles. The van der Waals surface area contributed by atoms with Gasteiger partial charge in [-0.3, -0.25) is 0 Å². The number of ether oxygens (including phenoxy) is 1. The molecule has 2 nitrogen and oxygen atoms in total. The van der Waals surface area contributed by atoms with E-state index in [1.165, 1.54) is 11.8 Å². The van der Waals surface area contributed by atoms with Crippen LogP contribution in [0.4, 0.5) is 0 Å². The van der Waals surface area contributed by atoms with Crippen LogP contribution in [-0.4, -0.2) is 19.4 Å². The average Bonchev–Trinajstić information content (AvgIpc) is 1.89. The highest BCUT2D eigenvalue weighted by molar-refractivity contribution is 5.54. The zero-order valence-electron chi connectivity index (χ0n) is 5.98. The van der Waals surface area contributed by atoms with Crippen molar-refractivity contribution in [2.75, 3.05) is 13.2 Å². The van der Waals surface area contributed by atoms with Gasteiger partial charge in [0.05, 0.1) is 13.2 Å². The molecule has 1 N–H and O–H groups in total. The van der Waals surface area contributed by atoms with E-state index in [1.54, 1.807) is 0 Å². The zero-order chi connectivity index (χ0) is 7.11. The fourth-order valence-electron chi connectivity index (χ4n) is 0.362. The monoisotopic (exact) mass is 127 g/mol. The Labute approximate surface area is 56.0 Å². The third kappa shape index (κ3) is 5.24. The minimum atomic E-state index is 0.422. The molecule has 0 aromatic heterocycles. The van der Waals surface area contributed by atoms with Gasteiger partial charge >= 0.3 is 0 Å². The Kier molecular flexibility index (Phi) is 5.12. The summed E-state index contributed by atoms with van der Waals surface area (Å²) in [4.78, 5) is 0. The van der Waals surface area contributed by atoms with Crippen LogP contribution in [0.3, 0.4) is 0 Å². The molecule has 0 rings (SSSR count). The summed E-state index contributed by atoms with van der Waals surface area (Å²) in [6.07, 6.45) is 3.26. The Hall–Kier alpha value is -0.630. The van der Waals surface area contributed by atoms with Crippen LogP contribution in [0.5, 0.6) is 0 Å². The van der Waals surface area contributed by atoms with Crippen LogP contribution < -0.4 is 0 Å². The van der Waals surface area contributed by atoms with Crippen LogP contribution in [0.1, 0.15) is 13.8 Å². The van der Waals surface area contributed by atoms with Gasteiger partial charge in [-0.1, -0.05) is 11.6 Å². The number of hydrogen-bond acceptors (Lipinski definition) is 2. The van der Waals surface area contributed by atoms with Crippen LogP contribution in [0, 0.1) is 5.41 Å². The van der Waals surface area contributed by atoms with Gasteiger partial charge in [-0.2, -0.15) is 0 Å². The molecule has 0 aliphatic heterocycles. The van der Waals surface area contributed by atoms with Gasteiger partial charge in [-0.15, -0.1) is 0 Å². The third-order valence-corrected chi connectivity index (χ3v) is 1.02. The first-order chi connectivity index (χ1) is 4.31. The van der Waals surface area contributed by atoms with Gasteiger partial charge in [0.15, 0.2) is 0 Å². The molecular weight excluding hydrogens is 114 g/mol. The second kappa shape index (κ2) is 5.51. The van der Waals surface area contributed by atoms with Gasteiger partial charge in [0.25, 0.3) is 0 Å². The Balaban J connectivity index is 3.17. The van der Waals surface area contributed by atoms with Gasteiger partial charge in [-0.05, 0) is 13.8 Å². The molecule has 0 unspecified atom stereocenters. The summed E-state index contributed by atoms with van der Waals surface area (Å²) in [5, 5.41) is 6.63. The Morgan fingerprint density at radius 1 is 1.67 bits per heavy atom. The van der Waals surface area contributed by atoms with E-state index in [9.17, 15) is 0 Å². The lowest BCUT2D eigenvalue weighted by molar-refractivity contribution is 0.199. The van der Waals surface area contributed by atoms with Crippen molar-refractivity contribution >= 4 is 6.21 Å². The molecule has 0 radical (unpaired) electrons. The van der Waals surface area contributed by atoms with Crippen LogP contribution in [0.15, 0.2) is 11.6 Å². The van der Waals surface area contributed by atoms with Gasteiger partial charge in [0, 0.05) is 6.21 Å². The molecule has 2 heteroatoms. The number of rotatable bonds is 4. The first-order valence-electron chi connectivity index (χ1n) is 2.99. The SMILES string of the molecule is C/C=C(\C)COCC=N. The summed E-state index contributed by atoms with van der Waals surface area (Å²) < 4.78 is 5.02. The second-order valence-corrected chi connectivity index (χ2v) is 1.85. The molecule has 0 aromatic rings. The first kappa shape index (κ1) is 8.37. The lowest BCUT2D eigenvalue weighted by Gasteiger charge is -1.97. The lowest BCUT2D eigenvalue weighted by atomic mass is 10.3. The van der Waals surface area contributed by atoms with Crippen molar-refractivity contribution in [3.8, 4) is 0 Å². The molecule has 0 amide bonds. The van der Waals surface area contributed by atoms with Crippen LogP contribution in [-0.2, 0) is 4.74 Å². The van der Waals surface area contributed by atoms with Crippen molar-refractivity contribution in [2.24, 2.45) is 0 Å². The molecular formula is C7H13NO. The Morgan fingerprint density at radius 3 is 2.78 bits per heavy atom. The van der Waals surface area contributed by atoms with Crippen LogP contribution in [0.25, 0.3) is 0 Å². The van der Waals surface area contributed by atoms with E-state index in [2.05, 4.69) is 0 Å². The number of hydrogen-bond donors (Lipinski definition) is 1. The van der Waals surface area contributed by atoms with Crippen molar-refractivity contribution in [2.45, 2.75) is 13.8 Å². The molecule has 0 spiro atoms. The summed E-state index contributed by atoms with van der Waals surface area (Å²) >= 11 is 0. The lowest BCUT2D eigenvalue weighted by Crippen LogP contribution is -1.97. The van der Waals surface area contributed by atoms with Gasteiger partial charge in [-0.25, -0.2) is 0 Å². The van der Waals surface area contributed by atoms with Crippen molar-refractivity contribution in [1.82, 2.24) is 0 Å². The highest BCUT2D eigenvalue weighted by Crippen LogP contribution is 1.90. The standard InChI is InChI=1S/C7H13NO/c1-3-7(2)6-9-5-4-8/h3-4,8H,5-6H2,1-2H3/b7-3+,8-4?. The maximum atomic E-state index is 6.63. The summed E-state index contributed by atoms with van der Waals surface area (Å²) in [6, 6.07) is 0. The highest BCUT2D eigenvalue weighted by Gasteiger charge is 1.84. The predicted molar refractivity (Wildman–Crippen MR) is 39.0 cm³/mol. The normalized spacial score (nSPS) is 11.6. The fourth-order valence-corrected chi connectivity index (χ4v) is 0.362. The highest BCUT2D eigenvalue weighted by atomic mass is 16.5. The van der Waals surface area contributed by atoms with Crippen molar-refractivity contribution in [1.29, 1.82) is 5.41 Å². The molecule has 0 atom stereocenters. The topological polar surface area (TPSA) is 33.1 Å². The molecule has 0 bridgehead atoms. The van der Waals surface area contributed by atoms with E-state index in [1.807, 2.05) is 19.9 Å². The smallest absolute Gasteiger partial charge is 0.0816 e. The maximum Gasteiger partial charge on any atom is 0.0816 e. The molecule has 0 saturated heterocycles. The third-order valence-electron chi connectivity index (χ3n) is 1.02. The molecule has 0 heterocycles. The van der Waals surface area contributed by atoms with E-state index < -0.39 is 0 Å². The molecule has 0 aliphatic rings. The van der Waals surface area contributed by atoms with Crippen LogP contribution in [0.2, 0.25) is 0 Å². The largest absolute Gasteiger partial charge is 0.372 e. The Morgan fingerprint density at radius 2 is 2.33 bits per heavy atom. The van der Waals surface area contributed by atoms with E-state index >= 15 is 0 Å². The quantitative estimate of drug-likeness (QED) is 0.347. The molecule has 9 heavy (non-hydrogen) atoms. The van der Waals surface area contributed by atoms with Gasteiger partial charge < -0.3 is 10.1 Å². The maximum absolute atomic E-state index is 6.63. The van der Waals surface area contributed by atoms with Crippen molar-refractivity contribution in [3.05, 3.63) is 11.6 Å². The summed E-state index contributed by atoms with van der Waals surface area (Å²) in [6.45, 7) is 5.05. The van der Waals surface area contributed by atoms with Crippen LogP contribution >= 0.6 is 0 Å². The predicted octanol–water partition coefficient (Wildman–Crippen LogP) is 1.62. The van der Waals surface area contributed by atoms with Crippen molar-refractivity contribution < 1.29 is 4.74 Å². The van der Waals surface area contributed by atoms with Gasteiger partial charge in [0.1, 0.15) is 0 Å². The van der Waals surface area contributed by atoms with Crippen molar-refractivity contribution in [3.63, 3.8) is 0 Å². The van der Waals surface area contributed by atoms with E-state index in [0.29, 0.717) is 13.2 Å².